The van der Waals surface area contributed by atoms with Gasteiger partial charge < -0.3 is 5.32 Å². The average molecular weight is 268 g/mol. The van der Waals surface area contributed by atoms with Gasteiger partial charge in [0.1, 0.15) is 17.3 Å². The van der Waals surface area contributed by atoms with E-state index in [1.807, 2.05) is 7.05 Å². The van der Waals surface area contributed by atoms with E-state index < -0.39 is 0 Å². The Labute approximate surface area is 107 Å². The highest BCUT2D eigenvalue weighted by Crippen LogP contribution is 2.40. The van der Waals surface area contributed by atoms with Crippen LogP contribution in [0.2, 0.25) is 10.4 Å². The molecule has 0 saturated heterocycles. The molecule has 7 heteroatoms. The van der Waals surface area contributed by atoms with Crippen molar-refractivity contribution in [3.63, 3.8) is 0 Å². The van der Waals surface area contributed by atoms with Crippen LogP contribution in [0.5, 0.6) is 0 Å². The molecule has 86 valence electrons. The highest BCUT2D eigenvalue weighted by atomic mass is 35.5. The Morgan fingerprint density at radius 3 is 2.82 bits per heavy atom. The van der Waals surface area contributed by atoms with E-state index in [1.165, 1.54) is 6.33 Å². The van der Waals surface area contributed by atoms with Gasteiger partial charge in [-0.3, -0.25) is 0 Å². The Kier molecular flexibility index (Phi) is 2.38. The van der Waals surface area contributed by atoms with E-state index in [-0.39, 0.29) is 5.28 Å². The third-order valence-corrected chi connectivity index (χ3v) is 3.12. The lowest BCUT2D eigenvalue weighted by molar-refractivity contribution is 1.06. The predicted octanol–water partition coefficient (Wildman–Crippen LogP) is 2.19. The summed E-state index contributed by atoms with van der Waals surface area (Å²) in [5.41, 5.74) is 3.30. The minimum absolute atomic E-state index is 0.153. The van der Waals surface area contributed by atoms with Gasteiger partial charge >= 0.3 is 0 Å². The first kappa shape index (κ1) is 10.7. The molecule has 2 heterocycles. The standard InChI is InChI=1S/C10H7Cl2N5/c1-13-9-4-2-5-6(7(4)14-3-15-9)8(11)17-10(12)16-5/h3H,2H2,1H3,(H,13,14,15). The molecule has 0 unspecified atom stereocenters. The molecule has 0 aromatic carbocycles. The van der Waals surface area contributed by atoms with Crippen molar-refractivity contribution in [1.82, 2.24) is 19.9 Å². The minimum Gasteiger partial charge on any atom is -0.373 e. The lowest BCUT2D eigenvalue weighted by atomic mass is 10.2. The van der Waals surface area contributed by atoms with Crippen molar-refractivity contribution in [3.8, 4) is 11.3 Å². The third kappa shape index (κ3) is 1.54. The monoisotopic (exact) mass is 267 g/mol. The van der Waals surface area contributed by atoms with Crippen molar-refractivity contribution < 1.29 is 0 Å². The van der Waals surface area contributed by atoms with Gasteiger partial charge in [-0.05, 0) is 11.6 Å². The molecule has 2 aromatic rings. The maximum atomic E-state index is 6.08. The second-order valence-electron chi connectivity index (χ2n) is 3.58. The highest BCUT2D eigenvalue weighted by molar-refractivity contribution is 6.34. The third-order valence-electron chi connectivity index (χ3n) is 2.68. The van der Waals surface area contributed by atoms with Gasteiger partial charge in [-0.1, -0.05) is 11.6 Å². The number of halogens is 2. The molecule has 0 atom stereocenters. The first-order valence-electron chi connectivity index (χ1n) is 4.94. The molecule has 0 bridgehead atoms. The molecular formula is C10H7Cl2N5. The van der Waals surface area contributed by atoms with Gasteiger partial charge in [0.2, 0.25) is 5.28 Å². The molecule has 0 spiro atoms. The fraction of sp³-hybridized carbons (Fsp3) is 0.200. The van der Waals surface area contributed by atoms with E-state index in [0.717, 1.165) is 28.3 Å². The molecule has 2 aromatic heterocycles. The van der Waals surface area contributed by atoms with Crippen LogP contribution in [-0.2, 0) is 6.42 Å². The van der Waals surface area contributed by atoms with Crippen LogP contribution in [-0.4, -0.2) is 27.0 Å². The van der Waals surface area contributed by atoms with E-state index >= 15 is 0 Å². The lowest BCUT2D eigenvalue weighted by Gasteiger charge is -2.04. The van der Waals surface area contributed by atoms with Crippen LogP contribution in [0.25, 0.3) is 11.3 Å². The van der Waals surface area contributed by atoms with E-state index in [4.69, 9.17) is 23.2 Å². The molecule has 0 amide bonds. The summed E-state index contributed by atoms with van der Waals surface area (Å²) in [6.07, 6.45) is 2.11. The summed E-state index contributed by atoms with van der Waals surface area (Å²) in [4.78, 5) is 16.5. The van der Waals surface area contributed by atoms with Crippen molar-refractivity contribution in [3.05, 3.63) is 28.0 Å². The van der Waals surface area contributed by atoms with Gasteiger partial charge in [0.25, 0.3) is 0 Å². The van der Waals surface area contributed by atoms with E-state index in [1.54, 1.807) is 0 Å². The Morgan fingerprint density at radius 2 is 2.06 bits per heavy atom. The molecule has 5 nitrogen and oxygen atoms in total. The van der Waals surface area contributed by atoms with Gasteiger partial charge in [-0.25, -0.2) is 19.9 Å². The molecule has 0 saturated carbocycles. The van der Waals surface area contributed by atoms with Crippen LogP contribution in [0.3, 0.4) is 0 Å². The van der Waals surface area contributed by atoms with Gasteiger partial charge in [-0.15, -0.1) is 0 Å². The summed E-state index contributed by atoms with van der Waals surface area (Å²) >= 11 is 11.9. The van der Waals surface area contributed by atoms with Gasteiger partial charge in [0.05, 0.1) is 17.0 Å². The molecule has 0 fully saturated rings. The van der Waals surface area contributed by atoms with Crippen molar-refractivity contribution in [2.24, 2.45) is 0 Å². The van der Waals surface area contributed by atoms with Crippen LogP contribution in [0, 0.1) is 0 Å². The number of rotatable bonds is 1. The van der Waals surface area contributed by atoms with Crippen molar-refractivity contribution in [2.45, 2.75) is 6.42 Å². The number of fused-ring (bicyclic) bond motifs is 3. The summed E-state index contributed by atoms with van der Waals surface area (Å²) in [5.74, 6) is 0.778. The number of hydrogen-bond donors (Lipinski definition) is 1. The zero-order valence-corrected chi connectivity index (χ0v) is 10.3. The van der Waals surface area contributed by atoms with Gasteiger partial charge in [-0.2, -0.15) is 0 Å². The topological polar surface area (TPSA) is 63.6 Å². The van der Waals surface area contributed by atoms with Crippen LogP contribution < -0.4 is 5.32 Å². The Bertz CT molecular complexity index is 614. The predicted molar refractivity (Wildman–Crippen MR) is 65.4 cm³/mol. The van der Waals surface area contributed by atoms with E-state index in [2.05, 4.69) is 25.3 Å². The van der Waals surface area contributed by atoms with Gasteiger partial charge in [0.15, 0.2) is 0 Å². The molecule has 1 N–H and O–H groups in total. The molecular weight excluding hydrogens is 261 g/mol. The highest BCUT2D eigenvalue weighted by Gasteiger charge is 2.27. The molecule has 3 rings (SSSR count). The maximum absolute atomic E-state index is 6.08. The first-order valence-corrected chi connectivity index (χ1v) is 5.70. The Hall–Kier alpha value is -1.46. The van der Waals surface area contributed by atoms with Crippen LogP contribution in [0.1, 0.15) is 11.3 Å². The molecule has 1 aliphatic carbocycles. The van der Waals surface area contributed by atoms with Crippen LogP contribution in [0.15, 0.2) is 6.33 Å². The number of nitrogens with zero attached hydrogens (tertiary/aromatic N) is 4. The summed E-state index contributed by atoms with van der Waals surface area (Å²) in [6.45, 7) is 0. The van der Waals surface area contributed by atoms with E-state index in [9.17, 15) is 0 Å². The number of aromatic nitrogens is 4. The number of nitrogens with one attached hydrogen (secondary N) is 1. The second-order valence-corrected chi connectivity index (χ2v) is 4.28. The van der Waals surface area contributed by atoms with Crippen LogP contribution in [0.4, 0.5) is 5.82 Å². The molecule has 0 aliphatic heterocycles. The summed E-state index contributed by atoms with van der Waals surface area (Å²) in [7, 11) is 1.81. The fourth-order valence-electron chi connectivity index (χ4n) is 1.99. The fourth-order valence-corrected chi connectivity index (χ4v) is 2.50. The van der Waals surface area contributed by atoms with Crippen molar-refractivity contribution in [2.75, 3.05) is 12.4 Å². The van der Waals surface area contributed by atoms with Crippen molar-refractivity contribution >= 4 is 29.0 Å². The van der Waals surface area contributed by atoms with Gasteiger partial charge in [0, 0.05) is 19.0 Å². The summed E-state index contributed by atoms with van der Waals surface area (Å²) in [5, 5.41) is 3.51. The smallest absolute Gasteiger partial charge is 0.224 e. The molecule has 0 radical (unpaired) electrons. The largest absolute Gasteiger partial charge is 0.373 e. The summed E-state index contributed by atoms with van der Waals surface area (Å²) < 4.78 is 0. The second kappa shape index (κ2) is 3.78. The zero-order valence-electron chi connectivity index (χ0n) is 8.83. The molecule has 17 heavy (non-hydrogen) atoms. The molecule has 1 aliphatic rings. The normalized spacial score (nSPS) is 12.2. The van der Waals surface area contributed by atoms with Crippen LogP contribution >= 0.6 is 23.2 Å². The Morgan fingerprint density at radius 1 is 1.24 bits per heavy atom. The lowest BCUT2D eigenvalue weighted by Crippen LogP contribution is -1.98. The minimum atomic E-state index is 0.153. The SMILES string of the molecule is CNc1ncnc2c1Cc1nc(Cl)nc(Cl)c1-2. The zero-order chi connectivity index (χ0) is 12.0. The number of hydrogen-bond acceptors (Lipinski definition) is 5. The Balaban J connectivity index is 2.29. The summed E-state index contributed by atoms with van der Waals surface area (Å²) in [6, 6.07) is 0. The first-order chi connectivity index (χ1) is 8.20. The van der Waals surface area contributed by atoms with Crippen molar-refractivity contribution in [1.29, 1.82) is 0 Å². The maximum Gasteiger partial charge on any atom is 0.224 e. The average Bonchev–Trinajstić information content (AvgIpc) is 2.66. The number of anilines is 1. The quantitative estimate of drug-likeness (QED) is 0.541. The van der Waals surface area contributed by atoms with E-state index in [0.29, 0.717) is 11.6 Å².